The van der Waals surface area contributed by atoms with Crippen LogP contribution in [0.2, 0.25) is 0 Å². The van der Waals surface area contributed by atoms with Gasteiger partial charge in [0.2, 0.25) is 5.78 Å². The SMILES string of the molecule is CC1=CC(=O)C([C@H](C)CCCC(C)C)=C(O)C1=O. The van der Waals surface area contributed by atoms with Gasteiger partial charge in [-0.3, -0.25) is 9.59 Å². The second-order valence-corrected chi connectivity index (χ2v) is 5.51. The molecule has 100 valence electrons. The van der Waals surface area contributed by atoms with E-state index in [0.29, 0.717) is 11.5 Å². The van der Waals surface area contributed by atoms with Crippen molar-refractivity contribution < 1.29 is 14.7 Å². The normalized spacial score (nSPS) is 18.4. The quantitative estimate of drug-likeness (QED) is 0.761. The third-order valence-corrected chi connectivity index (χ3v) is 3.35. The van der Waals surface area contributed by atoms with Crippen LogP contribution in [0, 0.1) is 11.8 Å². The van der Waals surface area contributed by atoms with E-state index in [4.69, 9.17) is 0 Å². The Morgan fingerprint density at radius 3 is 2.33 bits per heavy atom. The summed E-state index contributed by atoms with van der Waals surface area (Å²) in [5.74, 6) is -0.422. The van der Waals surface area contributed by atoms with Gasteiger partial charge in [0.15, 0.2) is 11.5 Å². The molecule has 0 saturated heterocycles. The second-order valence-electron chi connectivity index (χ2n) is 5.51. The second kappa shape index (κ2) is 5.98. The minimum absolute atomic E-state index is 0.0652. The molecule has 0 aromatic rings. The lowest BCUT2D eigenvalue weighted by Crippen LogP contribution is -2.22. The van der Waals surface area contributed by atoms with Crippen LogP contribution in [0.4, 0.5) is 0 Å². The smallest absolute Gasteiger partial charge is 0.223 e. The van der Waals surface area contributed by atoms with Gasteiger partial charge in [0, 0.05) is 11.1 Å². The highest BCUT2D eigenvalue weighted by Gasteiger charge is 2.29. The Labute approximate surface area is 109 Å². The summed E-state index contributed by atoms with van der Waals surface area (Å²) >= 11 is 0. The van der Waals surface area contributed by atoms with Crippen molar-refractivity contribution in [1.29, 1.82) is 0 Å². The molecule has 0 fully saturated rings. The van der Waals surface area contributed by atoms with E-state index >= 15 is 0 Å². The highest BCUT2D eigenvalue weighted by molar-refractivity contribution is 6.21. The number of allylic oxidation sites excluding steroid dienone is 3. The molecule has 1 aliphatic rings. The number of hydrogen-bond acceptors (Lipinski definition) is 3. The van der Waals surface area contributed by atoms with Crippen molar-refractivity contribution in [2.75, 3.05) is 0 Å². The zero-order valence-electron chi connectivity index (χ0n) is 11.6. The molecule has 0 aliphatic heterocycles. The van der Waals surface area contributed by atoms with E-state index in [-0.39, 0.29) is 23.0 Å². The first kappa shape index (κ1) is 14.7. The number of rotatable bonds is 5. The van der Waals surface area contributed by atoms with Crippen LogP contribution in [0.25, 0.3) is 0 Å². The molecule has 0 amide bonds. The van der Waals surface area contributed by atoms with E-state index in [9.17, 15) is 14.7 Å². The van der Waals surface area contributed by atoms with Crippen molar-refractivity contribution in [2.24, 2.45) is 11.8 Å². The van der Waals surface area contributed by atoms with Crippen LogP contribution in [0.5, 0.6) is 0 Å². The number of aliphatic hydroxyl groups excluding tert-OH is 1. The molecule has 1 atom stereocenters. The van der Waals surface area contributed by atoms with E-state index in [2.05, 4.69) is 13.8 Å². The highest BCUT2D eigenvalue weighted by atomic mass is 16.3. The molecule has 0 spiro atoms. The summed E-state index contributed by atoms with van der Waals surface area (Å²) in [6, 6.07) is 0. The molecule has 0 heterocycles. The number of carbonyl (C=O) groups excluding carboxylic acids is 2. The fraction of sp³-hybridized carbons (Fsp3) is 0.600. The van der Waals surface area contributed by atoms with Crippen LogP contribution in [-0.4, -0.2) is 16.7 Å². The Hall–Kier alpha value is -1.38. The maximum absolute atomic E-state index is 11.9. The monoisotopic (exact) mass is 250 g/mol. The number of ketones is 2. The first-order valence-corrected chi connectivity index (χ1v) is 6.55. The molecular weight excluding hydrogens is 228 g/mol. The van der Waals surface area contributed by atoms with E-state index in [1.165, 1.54) is 6.08 Å². The molecule has 1 rings (SSSR count). The van der Waals surface area contributed by atoms with Gasteiger partial charge in [-0.2, -0.15) is 0 Å². The van der Waals surface area contributed by atoms with Crippen LogP contribution in [0.1, 0.15) is 47.0 Å². The minimum atomic E-state index is -0.416. The Morgan fingerprint density at radius 2 is 1.78 bits per heavy atom. The van der Waals surface area contributed by atoms with E-state index in [1.807, 2.05) is 6.92 Å². The van der Waals surface area contributed by atoms with Gasteiger partial charge < -0.3 is 5.11 Å². The zero-order chi connectivity index (χ0) is 13.9. The van der Waals surface area contributed by atoms with Crippen molar-refractivity contribution in [2.45, 2.75) is 47.0 Å². The minimum Gasteiger partial charge on any atom is -0.504 e. The van der Waals surface area contributed by atoms with Gasteiger partial charge in [-0.25, -0.2) is 0 Å². The summed E-state index contributed by atoms with van der Waals surface area (Å²) in [5, 5.41) is 9.83. The Bertz CT molecular complexity index is 413. The standard InChI is InChI=1S/C15H22O3/c1-9(2)6-5-7-10(3)13-12(16)8-11(4)14(17)15(13)18/h8-10,18H,5-7H2,1-4H3/t10-/m1/s1. The summed E-state index contributed by atoms with van der Waals surface area (Å²) in [4.78, 5) is 23.5. The molecule has 18 heavy (non-hydrogen) atoms. The largest absolute Gasteiger partial charge is 0.504 e. The van der Waals surface area contributed by atoms with Gasteiger partial charge in [0.25, 0.3) is 0 Å². The van der Waals surface area contributed by atoms with Crippen molar-refractivity contribution in [3.63, 3.8) is 0 Å². The topological polar surface area (TPSA) is 54.4 Å². The summed E-state index contributed by atoms with van der Waals surface area (Å²) in [7, 11) is 0. The average Bonchev–Trinajstić information content (AvgIpc) is 2.25. The third-order valence-electron chi connectivity index (χ3n) is 3.35. The zero-order valence-corrected chi connectivity index (χ0v) is 11.6. The molecule has 3 heteroatoms. The molecule has 0 radical (unpaired) electrons. The summed E-state index contributed by atoms with van der Waals surface area (Å²) in [6.45, 7) is 7.76. The fourth-order valence-corrected chi connectivity index (χ4v) is 2.22. The van der Waals surface area contributed by atoms with Crippen molar-refractivity contribution in [1.82, 2.24) is 0 Å². The maximum atomic E-state index is 11.9. The summed E-state index contributed by atoms with van der Waals surface area (Å²) in [5.41, 5.74) is 0.602. The van der Waals surface area contributed by atoms with Gasteiger partial charge >= 0.3 is 0 Å². The van der Waals surface area contributed by atoms with Crippen LogP contribution < -0.4 is 0 Å². The third kappa shape index (κ3) is 3.31. The highest BCUT2D eigenvalue weighted by Crippen LogP contribution is 2.27. The van der Waals surface area contributed by atoms with Gasteiger partial charge in [-0.15, -0.1) is 0 Å². The van der Waals surface area contributed by atoms with Crippen LogP contribution in [0.15, 0.2) is 23.0 Å². The lowest BCUT2D eigenvalue weighted by Gasteiger charge is -2.19. The molecule has 0 aromatic heterocycles. The Balaban J connectivity index is 2.75. The molecule has 3 nitrogen and oxygen atoms in total. The number of hydrogen-bond donors (Lipinski definition) is 1. The number of aliphatic hydroxyl groups is 1. The van der Waals surface area contributed by atoms with Crippen LogP contribution in [0.3, 0.4) is 0 Å². The van der Waals surface area contributed by atoms with Gasteiger partial charge in [-0.05, 0) is 31.3 Å². The van der Waals surface area contributed by atoms with Crippen LogP contribution in [-0.2, 0) is 9.59 Å². The predicted molar refractivity (Wildman–Crippen MR) is 71.3 cm³/mol. The van der Waals surface area contributed by atoms with E-state index in [0.717, 1.165) is 19.3 Å². The van der Waals surface area contributed by atoms with Gasteiger partial charge in [0.1, 0.15) is 0 Å². The molecule has 0 bridgehead atoms. The van der Waals surface area contributed by atoms with Crippen molar-refractivity contribution >= 4 is 11.6 Å². The Morgan fingerprint density at radius 1 is 1.17 bits per heavy atom. The number of Topliss-reactive ketones (excluding diaryl/α,β-unsaturated/α-hetero) is 1. The lowest BCUT2D eigenvalue weighted by molar-refractivity contribution is -0.118. The average molecular weight is 250 g/mol. The van der Waals surface area contributed by atoms with Gasteiger partial charge in [-0.1, -0.05) is 33.6 Å². The van der Waals surface area contributed by atoms with Crippen LogP contribution >= 0.6 is 0 Å². The fourth-order valence-electron chi connectivity index (χ4n) is 2.22. The molecule has 0 aromatic carbocycles. The summed E-state index contributed by atoms with van der Waals surface area (Å²) in [6.07, 6.45) is 4.25. The van der Waals surface area contributed by atoms with E-state index in [1.54, 1.807) is 6.92 Å². The first-order valence-electron chi connectivity index (χ1n) is 6.55. The summed E-state index contributed by atoms with van der Waals surface area (Å²) < 4.78 is 0. The molecule has 0 unspecified atom stereocenters. The predicted octanol–water partition coefficient (Wildman–Crippen LogP) is 3.36. The van der Waals surface area contributed by atoms with Crippen molar-refractivity contribution in [3.8, 4) is 0 Å². The van der Waals surface area contributed by atoms with Gasteiger partial charge in [0.05, 0.1) is 0 Å². The Kier molecular flexibility index (Phi) is 4.88. The molecule has 1 N–H and O–H groups in total. The molecular formula is C15H22O3. The van der Waals surface area contributed by atoms with Crippen molar-refractivity contribution in [3.05, 3.63) is 23.0 Å². The van der Waals surface area contributed by atoms with E-state index < -0.39 is 5.78 Å². The lowest BCUT2D eigenvalue weighted by atomic mass is 9.85. The molecule has 1 aliphatic carbocycles. The number of carbonyl (C=O) groups is 2. The molecule has 0 saturated carbocycles. The maximum Gasteiger partial charge on any atom is 0.223 e. The first-order chi connectivity index (χ1) is 8.34.